The highest BCUT2D eigenvalue weighted by atomic mass is 15.1. The minimum absolute atomic E-state index is 0.178. The molecule has 2 heteroatoms. The van der Waals surface area contributed by atoms with E-state index in [-0.39, 0.29) is 5.41 Å². The first-order valence-electron chi connectivity index (χ1n) is 8.83. The van der Waals surface area contributed by atoms with Gasteiger partial charge in [0.15, 0.2) is 0 Å². The number of piperidine rings is 1. The Balaban J connectivity index is 2.12. The van der Waals surface area contributed by atoms with Gasteiger partial charge in [0.2, 0.25) is 0 Å². The molecule has 2 atom stereocenters. The summed E-state index contributed by atoms with van der Waals surface area (Å²) in [5.41, 5.74) is 6.22. The normalized spacial score (nSPS) is 27.1. The van der Waals surface area contributed by atoms with E-state index >= 15 is 0 Å². The zero-order valence-corrected chi connectivity index (χ0v) is 15.0. The van der Waals surface area contributed by atoms with Crippen LogP contribution in [0, 0.1) is 11.3 Å². The second-order valence-corrected chi connectivity index (χ2v) is 7.17. The van der Waals surface area contributed by atoms with Gasteiger partial charge >= 0.3 is 0 Å². The second kappa shape index (κ2) is 6.52. The van der Waals surface area contributed by atoms with E-state index in [1.165, 1.54) is 23.3 Å². The number of allylic oxidation sites excluding steroid dienone is 3. The van der Waals surface area contributed by atoms with Gasteiger partial charge in [0, 0.05) is 17.7 Å². The molecule has 2 nitrogen and oxygen atoms in total. The molecule has 126 valence electrons. The first kappa shape index (κ1) is 16.9. The molecule has 3 rings (SSSR count). The predicted octanol–water partition coefficient (Wildman–Crippen LogP) is 4.54. The maximum Gasteiger partial charge on any atom is 0.0699 e. The minimum Gasteiger partial charge on any atom is -0.306 e. The van der Waals surface area contributed by atoms with Crippen LogP contribution in [0.4, 0.5) is 0 Å². The van der Waals surface area contributed by atoms with Gasteiger partial charge in [-0.05, 0) is 74.5 Å². The third kappa shape index (κ3) is 2.59. The Bertz CT molecular complexity index is 713. The summed E-state index contributed by atoms with van der Waals surface area (Å²) in [6.07, 6.45) is 11.3. The van der Waals surface area contributed by atoms with E-state index in [9.17, 15) is 0 Å². The van der Waals surface area contributed by atoms with Crippen LogP contribution in [0.25, 0.3) is 12.2 Å². The highest BCUT2D eigenvalue weighted by Crippen LogP contribution is 2.50. The Morgan fingerprint density at radius 3 is 2.75 bits per heavy atom. The highest BCUT2D eigenvalue weighted by Gasteiger charge is 2.47. The standard InChI is InChI=1S/C22H28N2/c1-6-16-12-17-13-19-15-24(5)11-10-22(19,18(7-2)8-3)14-21(17)23-20(16)9-4/h6-9,12,19H,1-2,4,10-11,13-15H2,3,5H3/b18-8+/t19-,22+/m0/s1. The topological polar surface area (TPSA) is 16.1 Å². The van der Waals surface area contributed by atoms with Gasteiger partial charge in [-0.2, -0.15) is 0 Å². The van der Waals surface area contributed by atoms with E-state index < -0.39 is 0 Å². The smallest absolute Gasteiger partial charge is 0.0699 e. The van der Waals surface area contributed by atoms with E-state index in [0.29, 0.717) is 5.92 Å². The first-order chi connectivity index (χ1) is 11.6. The van der Waals surface area contributed by atoms with Crippen molar-refractivity contribution in [1.82, 2.24) is 9.88 Å². The maximum atomic E-state index is 4.94. The maximum absolute atomic E-state index is 4.94. The average molecular weight is 320 g/mol. The third-order valence-electron chi connectivity index (χ3n) is 5.97. The SMILES string of the molecule is C=C/C(=C\C)[C@]12CCN(C)C[C@@H]1Cc1cc(C=C)c(C=C)nc1C2. The van der Waals surface area contributed by atoms with Crippen molar-refractivity contribution in [3.05, 3.63) is 66.0 Å². The van der Waals surface area contributed by atoms with Crippen molar-refractivity contribution in [3.63, 3.8) is 0 Å². The van der Waals surface area contributed by atoms with Crippen molar-refractivity contribution < 1.29 is 0 Å². The molecule has 0 spiro atoms. The average Bonchev–Trinajstić information content (AvgIpc) is 2.60. The molecule has 0 saturated carbocycles. The van der Waals surface area contributed by atoms with Crippen molar-refractivity contribution in [1.29, 1.82) is 0 Å². The lowest BCUT2D eigenvalue weighted by Crippen LogP contribution is -2.51. The monoisotopic (exact) mass is 320 g/mol. The Hall–Kier alpha value is -1.93. The van der Waals surface area contributed by atoms with E-state index in [2.05, 4.69) is 56.8 Å². The molecule has 0 aromatic carbocycles. The molecule has 1 aromatic heterocycles. The fourth-order valence-electron chi connectivity index (χ4n) is 4.67. The molecule has 0 N–H and O–H groups in total. The quantitative estimate of drug-likeness (QED) is 0.757. The van der Waals surface area contributed by atoms with Crippen LogP contribution in [-0.4, -0.2) is 30.0 Å². The van der Waals surface area contributed by atoms with E-state index in [4.69, 9.17) is 4.98 Å². The second-order valence-electron chi connectivity index (χ2n) is 7.17. The molecule has 24 heavy (non-hydrogen) atoms. The first-order valence-corrected chi connectivity index (χ1v) is 8.83. The molecule has 1 aromatic rings. The molecular weight excluding hydrogens is 292 g/mol. The van der Waals surface area contributed by atoms with Crippen LogP contribution in [0.3, 0.4) is 0 Å². The molecule has 0 unspecified atom stereocenters. The fourth-order valence-corrected chi connectivity index (χ4v) is 4.67. The van der Waals surface area contributed by atoms with Crippen LogP contribution >= 0.6 is 0 Å². The van der Waals surface area contributed by atoms with Crippen molar-refractivity contribution in [2.24, 2.45) is 11.3 Å². The Morgan fingerprint density at radius 2 is 2.12 bits per heavy atom. The number of rotatable bonds is 4. The number of hydrogen-bond acceptors (Lipinski definition) is 2. The summed E-state index contributed by atoms with van der Waals surface area (Å²) in [4.78, 5) is 7.41. The summed E-state index contributed by atoms with van der Waals surface area (Å²) in [5.74, 6) is 0.613. The van der Waals surface area contributed by atoms with Crippen LogP contribution in [0.15, 0.2) is 43.5 Å². The molecule has 0 radical (unpaired) electrons. The molecule has 1 fully saturated rings. The fraction of sp³-hybridized carbons (Fsp3) is 0.409. The molecule has 1 aliphatic carbocycles. The molecule has 2 heterocycles. The minimum atomic E-state index is 0.178. The summed E-state index contributed by atoms with van der Waals surface area (Å²) in [7, 11) is 2.23. The lowest BCUT2D eigenvalue weighted by Gasteiger charge is -2.51. The van der Waals surface area contributed by atoms with E-state index in [0.717, 1.165) is 37.2 Å². The third-order valence-corrected chi connectivity index (χ3v) is 5.97. The summed E-state index contributed by atoms with van der Waals surface area (Å²) in [6.45, 7) is 16.4. The molecule has 2 aliphatic rings. The zero-order valence-electron chi connectivity index (χ0n) is 15.0. The number of fused-ring (bicyclic) bond motifs is 2. The van der Waals surface area contributed by atoms with Gasteiger partial charge in [0.1, 0.15) is 0 Å². The van der Waals surface area contributed by atoms with Crippen LogP contribution < -0.4 is 0 Å². The number of hydrogen-bond donors (Lipinski definition) is 0. The molecule has 1 aliphatic heterocycles. The van der Waals surface area contributed by atoms with Gasteiger partial charge in [-0.3, -0.25) is 4.98 Å². The van der Waals surface area contributed by atoms with Gasteiger partial charge < -0.3 is 4.90 Å². The van der Waals surface area contributed by atoms with Gasteiger partial charge in [-0.25, -0.2) is 0 Å². The van der Waals surface area contributed by atoms with Crippen molar-refractivity contribution in [2.75, 3.05) is 20.1 Å². The summed E-state index contributed by atoms with van der Waals surface area (Å²) < 4.78 is 0. The number of nitrogens with zero attached hydrogens (tertiary/aromatic N) is 2. The summed E-state index contributed by atoms with van der Waals surface area (Å²) in [5, 5.41) is 0. The van der Waals surface area contributed by atoms with Gasteiger partial charge in [0.25, 0.3) is 0 Å². The van der Waals surface area contributed by atoms with Crippen LogP contribution in [0.1, 0.15) is 35.9 Å². The van der Waals surface area contributed by atoms with Gasteiger partial charge in [-0.1, -0.05) is 38.0 Å². The summed E-state index contributed by atoms with van der Waals surface area (Å²) in [6, 6.07) is 2.27. The molecule has 1 saturated heterocycles. The Kier molecular flexibility index (Phi) is 4.60. The molecule has 0 amide bonds. The summed E-state index contributed by atoms with van der Waals surface area (Å²) >= 11 is 0. The van der Waals surface area contributed by atoms with Crippen LogP contribution in [-0.2, 0) is 12.8 Å². The Labute approximate surface area is 146 Å². The van der Waals surface area contributed by atoms with Gasteiger partial charge in [-0.15, -0.1) is 0 Å². The van der Waals surface area contributed by atoms with Gasteiger partial charge in [0.05, 0.1) is 5.69 Å². The number of likely N-dealkylation sites (tertiary alicyclic amines) is 1. The van der Waals surface area contributed by atoms with E-state index in [1.54, 1.807) is 0 Å². The number of aromatic nitrogens is 1. The lowest BCUT2D eigenvalue weighted by molar-refractivity contribution is 0.0684. The van der Waals surface area contributed by atoms with Crippen LogP contribution in [0.5, 0.6) is 0 Å². The van der Waals surface area contributed by atoms with Crippen molar-refractivity contribution >= 4 is 12.2 Å². The van der Waals surface area contributed by atoms with Crippen molar-refractivity contribution in [2.45, 2.75) is 26.2 Å². The van der Waals surface area contributed by atoms with Crippen LogP contribution in [0.2, 0.25) is 0 Å². The number of pyridine rings is 1. The predicted molar refractivity (Wildman–Crippen MR) is 104 cm³/mol. The van der Waals surface area contributed by atoms with Crippen molar-refractivity contribution in [3.8, 4) is 0 Å². The molecular formula is C22H28N2. The lowest BCUT2D eigenvalue weighted by atomic mass is 9.58. The zero-order chi connectivity index (χ0) is 17.3. The molecule has 0 bridgehead atoms. The highest BCUT2D eigenvalue weighted by molar-refractivity contribution is 5.62. The van der Waals surface area contributed by atoms with E-state index in [1.807, 2.05) is 12.2 Å². The largest absolute Gasteiger partial charge is 0.306 e. The Morgan fingerprint density at radius 1 is 1.33 bits per heavy atom.